The Kier molecular flexibility index (Phi) is 8.18. The standard InChI is InChI=1S/C23H30N3O4/c1-29-23(28)24-13-7-4-2-3-5-10-22(27)30-18-19-11-12-21-20-9-6-8-14-25(20)15-16-26(21)17-19/h6,8-9,11-12,14,17H,2-5,7,10,13,15-16,18H2,1H3/q+1/p+1. The molecule has 1 N–H and O–H groups in total. The molecule has 1 aliphatic rings. The molecule has 30 heavy (non-hydrogen) atoms. The van der Waals surface area contributed by atoms with E-state index in [2.05, 4.69) is 55.8 Å². The number of nitrogens with one attached hydrogen (secondary N) is 1. The van der Waals surface area contributed by atoms with Gasteiger partial charge in [0.1, 0.15) is 6.61 Å². The molecule has 1 amide bonds. The summed E-state index contributed by atoms with van der Waals surface area (Å²) in [5.74, 6) is -0.147. The van der Waals surface area contributed by atoms with Gasteiger partial charge in [0.25, 0.3) is 11.4 Å². The van der Waals surface area contributed by atoms with Crippen LogP contribution in [0.2, 0.25) is 0 Å². The number of pyridine rings is 2. The highest BCUT2D eigenvalue weighted by Gasteiger charge is 2.28. The zero-order valence-corrected chi connectivity index (χ0v) is 17.6. The number of hydrogen-bond donors (Lipinski definition) is 1. The molecule has 0 spiro atoms. The van der Waals surface area contributed by atoms with Crippen molar-refractivity contribution in [3.05, 3.63) is 48.3 Å². The highest BCUT2D eigenvalue weighted by atomic mass is 16.5. The van der Waals surface area contributed by atoms with Crippen LogP contribution in [0.5, 0.6) is 0 Å². The summed E-state index contributed by atoms with van der Waals surface area (Å²) in [5.41, 5.74) is 3.39. The molecule has 0 radical (unpaired) electrons. The van der Waals surface area contributed by atoms with Crippen LogP contribution in [0.3, 0.4) is 0 Å². The van der Waals surface area contributed by atoms with E-state index in [9.17, 15) is 9.59 Å². The van der Waals surface area contributed by atoms with Gasteiger partial charge >= 0.3 is 12.1 Å². The molecule has 0 fully saturated rings. The molecule has 0 unspecified atom stereocenters. The monoisotopic (exact) mass is 413 g/mol. The summed E-state index contributed by atoms with van der Waals surface area (Å²) in [7, 11) is 1.36. The molecular weight excluding hydrogens is 382 g/mol. The second-order valence-electron chi connectivity index (χ2n) is 7.49. The first-order valence-corrected chi connectivity index (χ1v) is 10.7. The third-order valence-corrected chi connectivity index (χ3v) is 5.28. The Morgan fingerprint density at radius 3 is 2.60 bits per heavy atom. The molecule has 0 aliphatic carbocycles. The maximum Gasteiger partial charge on any atom is 0.406 e. The lowest BCUT2D eigenvalue weighted by Gasteiger charge is -2.10. The fourth-order valence-electron chi connectivity index (χ4n) is 3.64. The number of hydrogen-bond acceptors (Lipinski definition) is 4. The van der Waals surface area contributed by atoms with Crippen LogP contribution in [-0.4, -0.2) is 25.7 Å². The van der Waals surface area contributed by atoms with Crippen molar-refractivity contribution in [3.8, 4) is 11.4 Å². The summed E-state index contributed by atoms with van der Waals surface area (Å²) >= 11 is 0. The maximum atomic E-state index is 12.0. The van der Waals surface area contributed by atoms with Gasteiger partial charge in [0.2, 0.25) is 13.1 Å². The van der Waals surface area contributed by atoms with Crippen molar-refractivity contribution in [2.75, 3.05) is 13.7 Å². The van der Waals surface area contributed by atoms with Crippen molar-refractivity contribution < 1.29 is 28.2 Å². The number of methoxy groups -OCH3 is 1. The zero-order valence-electron chi connectivity index (χ0n) is 17.6. The summed E-state index contributed by atoms with van der Waals surface area (Å²) in [6.45, 7) is 2.79. The fourth-order valence-corrected chi connectivity index (χ4v) is 3.64. The Bertz CT molecular complexity index is 869. The Hall–Kier alpha value is -2.96. The van der Waals surface area contributed by atoms with Gasteiger partial charge in [-0.25, -0.2) is 4.79 Å². The topological polar surface area (TPSA) is 72.4 Å². The third kappa shape index (κ3) is 6.27. The molecule has 2 aromatic heterocycles. The molecule has 3 rings (SSSR count). The van der Waals surface area contributed by atoms with E-state index in [1.54, 1.807) is 0 Å². The molecule has 0 saturated carbocycles. The predicted molar refractivity (Wildman–Crippen MR) is 110 cm³/mol. The van der Waals surface area contributed by atoms with Crippen molar-refractivity contribution in [3.63, 3.8) is 0 Å². The number of amides is 1. The number of aromatic nitrogens is 2. The number of esters is 1. The summed E-state index contributed by atoms with van der Waals surface area (Å²) in [4.78, 5) is 22.9. The molecule has 2 aromatic rings. The molecule has 1 aliphatic heterocycles. The normalized spacial score (nSPS) is 11.9. The van der Waals surface area contributed by atoms with E-state index in [4.69, 9.17) is 4.74 Å². The van der Waals surface area contributed by atoms with Gasteiger partial charge in [-0.3, -0.25) is 4.79 Å². The lowest BCUT2D eigenvalue weighted by molar-refractivity contribution is -0.795. The number of ether oxygens (including phenoxy) is 2. The van der Waals surface area contributed by atoms with Gasteiger partial charge in [0.05, 0.1) is 12.7 Å². The number of alkyl carbamates (subject to hydrolysis) is 1. The van der Waals surface area contributed by atoms with Crippen molar-refractivity contribution in [2.24, 2.45) is 0 Å². The molecule has 0 aromatic carbocycles. The highest BCUT2D eigenvalue weighted by Crippen LogP contribution is 2.15. The van der Waals surface area contributed by atoms with Crippen molar-refractivity contribution in [1.82, 2.24) is 5.32 Å². The Morgan fingerprint density at radius 1 is 0.967 bits per heavy atom. The molecular formula is C23H31N3O4+2. The number of nitrogens with zero attached hydrogens (tertiary/aromatic N) is 2. The number of carbonyl (C=O) groups is 2. The quantitative estimate of drug-likeness (QED) is 0.369. The van der Waals surface area contributed by atoms with Crippen molar-refractivity contribution in [1.29, 1.82) is 0 Å². The largest absolute Gasteiger partial charge is 0.461 e. The van der Waals surface area contributed by atoms with Gasteiger partial charge in [-0.1, -0.05) is 19.3 Å². The van der Waals surface area contributed by atoms with Gasteiger partial charge in [-0.15, -0.1) is 0 Å². The van der Waals surface area contributed by atoms with Gasteiger partial charge in [-0.05, 0) is 25.0 Å². The minimum Gasteiger partial charge on any atom is -0.461 e. The Morgan fingerprint density at radius 2 is 1.73 bits per heavy atom. The molecule has 160 valence electrons. The SMILES string of the molecule is COC(=O)NCCCCCCCC(=O)OCc1ccc2[n+](c1)CC[n+]1ccccc1-2. The summed E-state index contributed by atoms with van der Waals surface area (Å²) in [6.07, 6.45) is 9.04. The molecule has 0 saturated heterocycles. The van der Waals surface area contributed by atoms with Crippen LogP contribution in [0.25, 0.3) is 11.4 Å². The number of rotatable bonds is 10. The minimum atomic E-state index is -0.390. The smallest absolute Gasteiger partial charge is 0.406 e. The number of carbonyl (C=O) groups excluding carboxylic acids is 2. The van der Waals surface area contributed by atoms with E-state index < -0.39 is 6.09 Å². The zero-order chi connectivity index (χ0) is 21.2. The van der Waals surface area contributed by atoms with E-state index in [-0.39, 0.29) is 5.97 Å². The Balaban J connectivity index is 1.33. The lowest BCUT2D eigenvalue weighted by Crippen LogP contribution is -2.53. The van der Waals surface area contributed by atoms with E-state index in [1.807, 2.05) is 6.07 Å². The van der Waals surface area contributed by atoms with Crippen LogP contribution < -0.4 is 14.5 Å². The second kappa shape index (κ2) is 11.3. The third-order valence-electron chi connectivity index (χ3n) is 5.28. The summed E-state index contributed by atoms with van der Waals surface area (Å²) in [6, 6.07) is 10.4. The van der Waals surface area contributed by atoms with Crippen molar-refractivity contribution >= 4 is 12.1 Å². The first kappa shape index (κ1) is 21.7. The van der Waals surface area contributed by atoms with Crippen LogP contribution in [0.15, 0.2) is 42.7 Å². The minimum absolute atomic E-state index is 0.147. The van der Waals surface area contributed by atoms with E-state index in [0.717, 1.165) is 50.8 Å². The van der Waals surface area contributed by atoms with E-state index in [0.29, 0.717) is 19.6 Å². The number of unbranched alkanes of at least 4 members (excludes halogenated alkanes) is 4. The predicted octanol–water partition coefficient (Wildman–Crippen LogP) is 2.68. The van der Waals surface area contributed by atoms with Crippen molar-refractivity contribution in [2.45, 2.75) is 58.2 Å². The first-order valence-electron chi connectivity index (χ1n) is 10.7. The van der Waals surface area contributed by atoms with Gasteiger partial charge in [-0.2, -0.15) is 9.13 Å². The van der Waals surface area contributed by atoms with Gasteiger partial charge < -0.3 is 14.8 Å². The average Bonchev–Trinajstić information content (AvgIpc) is 2.78. The summed E-state index contributed by atoms with van der Waals surface area (Å²) in [5, 5.41) is 2.66. The van der Waals surface area contributed by atoms with Crippen LogP contribution in [0.4, 0.5) is 4.79 Å². The molecule has 0 atom stereocenters. The van der Waals surface area contributed by atoms with E-state index in [1.165, 1.54) is 18.5 Å². The van der Waals surface area contributed by atoms with Crippen LogP contribution >= 0.6 is 0 Å². The Labute approximate surface area is 177 Å². The molecule has 0 bridgehead atoms. The van der Waals surface area contributed by atoms with Crippen LogP contribution in [0.1, 0.15) is 44.1 Å². The molecule has 7 nitrogen and oxygen atoms in total. The number of aryl methyl sites for hydroxylation is 2. The summed E-state index contributed by atoms with van der Waals surface area (Å²) < 4.78 is 14.5. The molecule has 3 heterocycles. The van der Waals surface area contributed by atoms with E-state index >= 15 is 0 Å². The first-order chi connectivity index (χ1) is 14.7. The maximum absolute atomic E-state index is 12.0. The van der Waals surface area contributed by atoms with Crippen LogP contribution in [0, 0.1) is 0 Å². The van der Waals surface area contributed by atoms with Crippen LogP contribution in [-0.2, 0) is 34.0 Å². The van der Waals surface area contributed by atoms with Gasteiger partial charge in [0, 0.05) is 31.2 Å². The molecule has 7 heteroatoms. The second-order valence-corrected chi connectivity index (χ2v) is 7.49. The lowest BCUT2D eigenvalue weighted by atomic mass is 10.1. The number of fused-ring (bicyclic) bond motifs is 3. The average molecular weight is 414 g/mol. The fraction of sp³-hybridized carbons (Fsp3) is 0.478. The highest BCUT2D eigenvalue weighted by molar-refractivity contribution is 5.69. The van der Waals surface area contributed by atoms with Gasteiger partial charge in [0.15, 0.2) is 12.4 Å².